The van der Waals surface area contributed by atoms with E-state index in [0.29, 0.717) is 18.8 Å². The molecular formula is C25H32FN5O2. The van der Waals surface area contributed by atoms with Crippen LogP contribution in [0.4, 0.5) is 10.2 Å². The number of pyridine rings is 1. The molecular weight excluding hydrogens is 421 g/mol. The molecule has 8 heteroatoms. The summed E-state index contributed by atoms with van der Waals surface area (Å²) in [5, 5.41) is 9.16. The average molecular weight is 454 g/mol. The van der Waals surface area contributed by atoms with Gasteiger partial charge < -0.3 is 21.7 Å². The summed E-state index contributed by atoms with van der Waals surface area (Å²) in [4.78, 5) is 30.1. The normalized spacial score (nSPS) is 24.2. The van der Waals surface area contributed by atoms with Crippen molar-refractivity contribution in [2.75, 3.05) is 12.3 Å². The Balaban J connectivity index is 1.30. The number of hydrogen-bond acceptors (Lipinski definition) is 5. The van der Waals surface area contributed by atoms with Gasteiger partial charge in [0.05, 0.1) is 17.8 Å². The molecule has 2 aromatic rings. The number of halogens is 1. The maximum absolute atomic E-state index is 13.1. The first kappa shape index (κ1) is 23.2. The van der Waals surface area contributed by atoms with Gasteiger partial charge in [-0.05, 0) is 68.0 Å². The van der Waals surface area contributed by atoms with Crippen molar-refractivity contribution in [2.45, 2.75) is 63.6 Å². The van der Waals surface area contributed by atoms with E-state index in [0.717, 1.165) is 29.7 Å². The van der Waals surface area contributed by atoms with Gasteiger partial charge in [0.25, 0.3) is 0 Å². The van der Waals surface area contributed by atoms with Gasteiger partial charge in [-0.1, -0.05) is 32.0 Å². The number of aromatic nitrogens is 1. The van der Waals surface area contributed by atoms with Crippen molar-refractivity contribution in [1.29, 1.82) is 0 Å². The standard InChI is InChI=1S/C25H32FN5O2/c1-14(23(32)30-20-12-25(2,3)22-18(20)8-9-21(27)31-22)29-24(33)19-11-16(13-28-19)10-15-4-6-17(26)7-5-15/h4-9,14,16,19-20,28H,10-13H2,1-3H3,(H2,27,31)(H,29,33)(H,30,32)/t14-,16-,19+,20+/m0/s1. The molecule has 2 heterocycles. The van der Waals surface area contributed by atoms with Gasteiger partial charge in [-0.2, -0.15) is 0 Å². The molecule has 1 aromatic heterocycles. The molecule has 176 valence electrons. The Morgan fingerprint density at radius 1 is 1.24 bits per heavy atom. The Morgan fingerprint density at radius 3 is 2.70 bits per heavy atom. The smallest absolute Gasteiger partial charge is 0.242 e. The zero-order valence-corrected chi connectivity index (χ0v) is 19.3. The van der Waals surface area contributed by atoms with E-state index in [-0.39, 0.29) is 41.0 Å². The van der Waals surface area contributed by atoms with Crippen molar-refractivity contribution in [3.05, 3.63) is 59.0 Å². The number of nitrogens with zero attached hydrogens (tertiary/aromatic N) is 1. The van der Waals surface area contributed by atoms with Gasteiger partial charge in [0, 0.05) is 5.41 Å². The lowest BCUT2D eigenvalue weighted by molar-refractivity contribution is -0.129. The summed E-state index contributed by atoms with van der Waals surface area (Å²) in [6, 6.07) is 8.97. The SMILES string of the molecule is C[C@H](NC(=O)[C@H]1C[C@H](Cc2ccc(F)cc2)CN1)C(=O)N[C@@H]1CC(C)(C)c2nc(N)ccc21. The quantitative estimate of drug-likeness (QED) is 0.537. The summed E-state index contributed by atoms with van der Waals surface area (Å²) in [7, 11) is 0. The number of nitrogen functional groups attached to an aromatic ring is 1. The number of hydrogen-bond donors (Lipinski definition) is 4. The van der Waals surface area contributed by atoms with E-state index < -0.39 is 6.04 Å². The van der Waals surface area contributed by atoms with Crippen molar-refractivity contribution in [1.82, 2.24) is 20.9 Å². The highest BCUT2D eigenvalue weighted by atomic mass is 19.1. The second-order valence-electron chi connectivity index (χ2n) is 9.95. The van der Waals surface area contributed by atoms with Crippen LogP contribution in [0.15, 0.2) is 36.4 Å². The number of amides is 2. The van der Waals surface area contributed by atoms with Crippen LogP contribution in [-0.2, 0) is 21.4 Å². The van der Waals surface area contributed by atoms with Crippen LogP contribution in [0.25, 0.3) is 0 Å². The Kier molecular flexibility index (Phi) is 6.38. The Labute approximate surface area is 193 Å². The maximum atomic E-state index is 13.1. The third-order valence-electron chi connectivity index (χ3n) is 6.72. The van der Waals surface area contributed by atoms with Gasteiger partial charge >= 0.3 is 0 Å². The second kappa shape index (κ2) is 9.09. The van der Waals surface area contributed by atoms with E-state index >= 15 is 0 Å². The van der Waals surface area contributed by atoms with Gasteiger partial charge in [0.1, 0.15) is 17.7 Å². The first-order valence-corrected chi connectivity index (χ1v) is 11.5. The highest BCUT2D eigenvalue weighted by molar-refractivity contribution is 5.90. The number of benzene rings is 1. The van der Waals surface area contributed by atoms with Crippen LogP contribution in [0, 0.1) is 11.7 Å². The number of carbonyl (C=O) groups is 2. The molecule has 33 heavy (non-hydrogen) atoms. The number of fused-ring (bicyclic) bond motifs is 1. The minimum atomic E-state index is -0.663. The molecule has 4 atom stereocenters. The number of carbonyl (C=O) groups excluding carboxylic acids is 2. The fourth-order valence-electron chi connectivity index (χ4n) is 4.95. The molecule has 1 aliphatic carbocycles. The van der Waals surface area contributed by atoms with E-state index in [9.17, 15) is 14.0 Å². The predicted octanol–water partition coefficient (Wildman–Crippen LogP) is 2.37. The van der Waals surface area contributed by atoms with E-state index in [1.165, 1.54) is 12.1 Å². The lowest BCUT2D eigenvalue weighted by Crippen LogP contribution is -2.50. The first-order chi connectivity index (χ1) is 15.6. The molecule has 0 radical (unpaired) electrons. The van der Waals surface area contributed by atoms with Crippen molar-refractivity contribution < 1.29 is 14.0 Å². The van der Waals surface area contributed by atoms with E-state index in [4.69, 9.17) is 5.73 Å². The monoisotopic (exact) mass is 453 g/mol. The second-order valence-corrected chi connectivity index (χ2v) is 9.95. The Bertz CT molecular complexity index is 1040. The molecule has 1 aromatic carbocycles. The molecule has 2 amide bonds. The summed E-state index contributed by atoms with van der Waals surface area (Å²) in [5.41, 5.74) is 8.59. The maximum Gasteiger partial charge on any atom is 0.242 e. The number of nitrogens with one attached hydrogen (secondary N) is 3. The highest BCUT2D eigenvalue weighted by Gasteiger charge is 2.40. The van der Waals surface area contributed by atoms with Crippen LogP contribution >= 0.6 is 0 Å². The van der Waals surface area contributed by atoms with E-state index in [2.05, 4.69) is 34.8 Å². The molecule has 1 aliphatic heterocycles. The lowest BCUT2D eigenvalue weighted by atomic mass is 9.90. The third-order valence-corrected chi connectivity index (χ3v) is 6.72. The molecule has 1 fully saturated rings. The van der Waals surface area contributed by atoms with Crippen molar-refractivity contribution in [3.8, 4) is 0 Å². The molecule has 2 aliphatic rings. The van der Waals surface area contributed by atoms with Gasteiger partial charge in [0.2, 0.25) is 11.8 Å². The fraction of sp³-hybridized carbons (Fsp3) is 0.480. The summed E-state index contributed by atoms with van der Waals surface area (Å²) in [6.45, 7) is 6.58. The molecule has 1 saturated heterocycles. The highest BCUT2D eigenvalue weighted by Crippen LogP contribution is 2.43. The topological polar surface area (TPSA) is 109 Å². The number of rotatable bonds is 6. The fourth-order valence-corrected chi connectivity index (χ4v) is 4.95. The van der Waals surface area contributed by atoms with E-state index in [1.807, 2.05) is 6.07 Å². The summed E-state index contributed by atoms with van der Waals surface area (Å²) in [6.07, 6.45) is 2.18. The molecule has 0 bridgehead atoms. The van der Waals surface area contributed by atoms with Gasteiger partial charge in [-0.15, -0.1) is 0 Å². The largest absolute Gasteiger partial charge is 0.384 e. The van der Waals surface area contributed by atoms with Crippen LogP contribution in [0.2, 0.25) is 0 Å². The van der Waals surface area contributed by atoms with Crippen LogP contribution in [0.5, 0.6) is 0 Å². The minimum absolute atomic E-state index is 0.167. The summed E-state index contributed by atoms with van der Waals surface area (Å²) in [5.74, 6) is 0.0946. The van der Waals surface area contributed by atoms with Crippen molar-refractivity contribution in [2.24, 2.45) is 5.92 Å². The van der Waals surface area contributed by atoms with Crippen molar-refractivity contribution in [3.63, 3.8) is 0 Å². The first-order valence-electron chi connectivity index (χ1n) is 11.5. The van der Waals surface area contributed by atoms with Crippen LogP contribution in [-0.4, -0.2) is 35.4 Å². The third kappa shape index (κ3) is 5.16. The zero-order chi connectivity index (χ0) is 23.8. The number of nitrogens with two attached hydrogens (primary N) is 1. The zero-order valence-electron chi connectivity index (χ0n) is 19.3. The molecule has 0 unspecified atom stereocenters. The van der Waals surface area contributed by atoms with Crippen LogP contribution in [0.3, 0.4) is 0 Å². The van der Waals surface area contributed by atoms with Crippen LogP contribution < -0.4 is 21.7 Å². The predicted molar refractivity (Wildman–Crippen MR) is 125 cm³/mol. The van der Waals surface area contributed by atoms with E-state index in [1.54, 1.807) is 25.1 Å². The summed E-state index contributed by atoms with van der Waals surface area (Å²) < 4.78 is 13.1. The lowest BCUT2D eigenvalue weighted by Gasteiger charge is -2.21. The Morgan fingerprint density at radius 2 is 1.97 bits per heavy atom. The Hall–Kier alpha value is -3.00. The molecule has 4 rings (SSSR count). The van der Waals surface area contributed by atoms with Gasteiger partial charge in [-0.3, -0.25) is 9.59 Å². The molecule has 0 saturated carbocycles. The van der Waals surface area contributed by atoms with Gasteiger partial charge in [0.15, 0.2) is 0 Å². The molecule has 7 nitrogen and oxygen atoms in total. The minimum Gasteiger partial charge on any atom is -0.384 e. The average Bonchev–Trinajstić information content (AvgIpc) is 3.32. The molecule has 5 N–H and O–H groups in total. The van der Waals surface area contributed by atoms with Gasteiger partial charge in [-0.25, -0.2) is 9.37 Å². The van der Waals surface area contributed by atoms with Crippen LogP contribution in [0.1, 0.15) is 56.5 Å². The van der Waals surface area contributed by atoms with Crippen molar-refractivity contribution >= 4 is 17.6 Å². The molecule has 0 spiro atoms. The summed E-state index contributed by atoms with van der Waals surface area (Å²) >= 11 is 0. The number of anilines is 1.